The maximum atomic E-state index is 12.0. The van der Waals surface area contributed by atoms with Crippen LogP contribution in [0.4, 0.5) is 5.69 Å². The van der Waals surface area contributed by atoms with Gasteiger partial charge in [-0.05, 0) is 71.8 Å². The van der Waals surface area contributed by atoms with Crippen LogP contribution in [0.2, 0.25) is 0 Å². The summed E-state index contributed by atoms with van der Waals surface area (Å²) < 4.78 is 1.11. The number of hydrogen-bond donors (Lipinski definition) is 1. The molecule has 0 aliphatic heterocycles. The molecule has 1 amide bonds. The molecular formula is C15H17IN2OS. The summed E-state index contributed by atoms with van der Waals surface area (Å²) in [7, 11) is 1.97. The summed E-state index contributed by atoms with van der Waals surface area (Å²) in [5.41, 5.74) is 2.14. The van der Waals surface area contributed by atoms with Crippen LogP contribution in [-0.2, 0) is 11.3 Å². The van der Waals surface area contributed by atoms with Gasteiger partial charge in [0.05, 0.1) is 6.54 Å². The first-order valence-electron chi connectivity index (χ1n) is 6.31. The summed E-state index contributed by atoms with van der Waals surface area (Å²) >= 11 is 3.97. The van der Waals surface area contributed by atoms with Crippen LogP contribution in [-0.4, -0.2) is 24.4 Å². The Morgan fingerprint density at radius 1 is 1.40 bits per heavy atom. The van der Waals surface area contributed by atoms with Crippen LogP contribution in [0, 0.1) is 10.5 Å². The third-order valence-electron chi connectivity index (χ3n) is 2.90. The minimum absolute atomic E-state index is 0.0173. The van der Waals surface area contributed by atoms with Gasteiger partial charge >= 0.3 is 0 Å². The fraction of sp³-hybridized carbons (Fsp3) is 0.267. The molecule has 0 radical (unpaired) electrons. The molecule has 0 fully saturated rings. The maximum Gasteiger partial charge on any atom is 0.238 e. The Balaban J connectivity index is 1.86. The summed E-state index contributed by atoms with van der Waals surface area (Å²) in [5, 5.41) is 5.01. The van der Waals surface area contributed by atoms with Gasteiger partial charge in [-0.25, -0.2) is 0 Å². The van der Waals surface area contributed by atoms with Crippen molar-refractivity contribution < 1.29 is 4.79 Å². The van der Waals surface area contributed by atoms with E-state index in [1.165, 1.54) is 10.4 Å². The fourth-order valence-corrected chi connectivity index (χ4v) is 3.41. The Labute approximate surface area is 137 Å². The normalized spacial score (nSPS) is 10.8. The highest BCUT2D eigenvalue weighted by Crippen LogP contribution is 2.17. The number of anilines is 1. The third-order valence-corrected chi connectivity index (χ3v) is 4.58. The van der Waals surface area contributed by atoms with E-state index in [2.05, 4.69) is 46.3 Å². The number of nitrogens with zero attached hydrogens (tertiary/aromatic N) is 1. The van der Waals surface area contributed by atoms with Gasteiger partial charge in [0.2, 0.25) is 5.91 Å². The standard InChI is InChI=1S/C15H17IN2OS/c1-11-6-7-20-14(11)9-18(2)10-15(19)17-13-5-3-4-12(16)8-13/h3-8H,9-10H2,1-2H3,(H,17,19). The summed E-state index contributed by atoms with van der Waals surface area (Å²) in [6.45, 7) is 3.30. The topological polar surface area (TPSA) is 32.3 Å². The molecule has 0 unspecified atom stereocenters. The second kappa shape index (κ2) is 7.19. The average Bonchev–Trinajstić information content (AvgIpc) is 2.74. The Morgan fingerprint density at radius 2 is 2.20 bits per heavy atom. The lowest BCUT2D eigenvalue weighted by molar-refractivity contribution is -0.117. The fourth-order valence-electron chi connectivity index (χ4n) is 1.88. The van der Waals surface area contributed by atoms with Crippen molar-refractivity contribution in [1.29, 1.82) is 0 Å². The summed E-state index contributed by atoms with van der Waals surface area (Å²) in [5.74, 6) is 0.0173. The van der Waals surface area contributed by atoms with E-state index in [1.807, 2.05) is 36.2 Å². The van der Waals surface area contributed by atoms with Gasteiger partial charge in [0.15, 0.2) is 0 Å². The molecular weight excluding hydrogens is 383 g/mol. The van der Waals surface area contributed by atoms with Gasteiger partial charge in [-0.15, -0.1) is 11.3 Å². The number of carbonyl (C=O) groups excluding carboxylic acids is 1. The monoisotopic (exact) mass is 400 g/mol. The predicted molar refractivity (Wildman–Crippen MR) is 93.2 cm³/mol. The Morgan fingerprint density at radius 3 is 2.85 bits per heavy atom. The number of aryl methyl sites for hydroxylation is 1. The van der Waals surface area contributed by atoms with Gasteiger partial charge in [0.1, 0.15) is 0 Å². The van der Waals surface area contributed by atoms with Crippen LogP contribution in [0.25, 0.3) is 0 Å². The molecule has 0 saturated heterocycles. The highest BCUT2D eigenvalue weighted by molar-refractivity contribution is 14.1. The number of carbonyl (C=O) groups is 1. The van der Waals surface area contributed by atoms with Crippen molar-refractivity contribution in [3.8, 4) is 0 Å². The van der Waals surface area contributed by atoms with Crippen LogP contribution < -0.4 is 5.32 Å². The number of amides is 1. The van der Waals surface area contributed by atoms with E-state index in [4.69, 9.17) is 0 Å². The first-order valence-corrected chi connectivity index (χ1v) is 8.27. The van der Waals surface area contributed by atoms with Crippen LogP contribution in [0.3, 0.4) is 0 Å². The molecule has 2 aromatic rings. The molecule has 1 aromatic heterocycles. The van der Waals surface area contributed by atoms with Crippen molar-refractivity contribution in [2.45, 2.75) is 13.5 Å². The van der Waals surface area contributed by atoms with E-state index < -0.39 is 0 Å². The largest absolute Gasteiger partial charge is 0.325 e. The molecule has 1 aromatic carbocycles. The smallest absolute Gasteiger partial charge is 0.238 e. The zero-order valence-corrected chi connectivity index (χ0v) is 14.5. The Bertz CT molecular complexity index is 597. The molecule has 0 spiro atoms. The number of nitrogens with one attached hydrogen (secondary N) is 1. The van der Waals surface area contributed by atoms with Crippen LogP contribution in [0.15, 0.2) is 35.7 Å². The minimum atomic E-state index is 0.0173. The van der Waals surface area contributed by atoms with E-state index in [0.717, 1.165) is 15.8 Å². The zero-order chi connectivity index (χ0) is 14.5. The highest BCUT2D eigenvalue weighted by atomic mass is 127. The third kappa shape index (κ3) is 4.57. The Kier molecular flexibility index (Phi) is 5.56. The first-order chi connectivity index (χ1) is 9.54. The number of hydrogen-bond acceptors (Lipinski definition) is 3. The molecule has 1 heterocycles. The molecule has 0 aliphatic carbocycles. The van der Waals surface area contributed by atoms with Crippen LogP contribution in [0.1, 0.15) is 10.4 Å². The van der Waals surface area contributed by atoms with Crippen molar-refractivity contribution in [1.82, 2.24) is 4.90 Å². The molecule has 2 rings (SSSR count). The zero-order valence-electron chi connectivity index (χ0n) is 11.5. The van der Waals surface area contributed by atoms with E-state index >= 15 is 0 Å². The van der Waals surface area contributed by atoms with E-state index in [0.29, 0.717) is 6.54 Å². The molecule has 3 nitrogen and oxygen atoms in total. The number of rotatable bonds is 5. The second-order valence-electron chi connectivity index (χ2n) is 4.76. The second-order valence-corrected chi connectivity index (χ2v) is 7.00. The Hall–Kier alpha value is -0.920. The molecule has 106 valence electrons. The van der Waals surface area contributed by atoms with Gasteiger partial charge in [0, 0.05) is 20.7 Å². The molecule has 0 aliphatic rings. The van der Waals surface area contributed by atoms with Gasteiger partial charge < -0.3 is 5.32 Å². The molecule has 0 saturated carbocycles. The first kappa shape index (κ1) is 15.5. The number of halogens is 1. The number of benzene rings is 1. The van der Waals surface area contributed by atoms with E-state index in [-0.39, 0.29) is 5.91 Å². The van der Waals surface area contributed by atoms with Gasteiger partial charge in [-0.1, -0.05) is 6.07 Å². The number of likely N-dealkylation sites (N-methyl/N-ethyl adjacent to an activating group) is 1. The summed E-state index contributed by atoms with van der Waals surface area (Å²) in [6, 6.07) is 9.92. The molecule has 20 heavy (non-hydrogen) atoms. The SMILES string of the molecule is Cc1ccsc1CN(C)CC(=O)Nc1cccc(I)c1. The van der Waals surface area contributed by atoms with Gasteiger partial charge in [-0.3, -0.25) is 9.69 Å². The molecule has 5 heteroatoms. The average molecular weight is 400 g/mol. The minimum Gasteiger partial charge on any atom is -0.325 e. The van der Waals surface area contributed by atoms with Crippen molar-refractivity contribution >= 4 is 45.5 Å². The molecule has 0 atom stereocenters. The summed E-state index contributed by atoms with van der Waals surface area (Å²) in [6.07, 6.45) is 0. The van der Waals surface area contributed by atoms with Crippen LogP contribution >= 0.6 is 33.9 Å². The van der Waals surface area contributed by atoms with Crippen molar-refractivity contribution in [3.05, 3.63) is 49.7 Å². The van der Waals surface area contributed by atoms with Gasteiger partial charge in [-0.2, -0.15) is 0 Å². The van der Waals surface area contributed by atoms with Crippen molar-refractivity contribution in [2.75, 3.05) is 18.9 Å². The quantitative estimate of drug-likeness (QED) is 0.776. The van der Waals surface area contributed by atoms with Crippen molar-refractivity contribution in [3.63, 3.8) is 0 Å². The predicted octanol–water partition coefficient (Wildman–Crippen LogP) is 3.73. The lowest BCUT2D eigenvalue weighted by Gasteiger charge is -2.16. The summed E-state index contributed by atoms with van der Waals surface area (Å²) in [4.78, 5) is 15.3. The van der Waals surface area contributed by atoms with Gasteiger partial charge in [0.25, 0.3) is 0 Å². The number of thiophene rings is 1. The molecule has 1 N–H and O–H groups in total. The lowest BCUT2D eigenvalue weighted by atomic mass is 10.3. The van der Waals surface area contributed by atoms with E-state index in [1.54, 1.807) is 11.3 Å². The highest BCUT2D eigenvalue weighted by Gasteiger charge is 2.09. The molecule has 0 bridgehead atoms. The van der Waals surface area contributed by atoms with Crippen LogP contribution in [0.5, 0.6) is 0 Å². The van der Waals surface area contributed by atoms with E-state index in [9.17, 15) is 4.79 Å². The maximum absolute atomic E-state index is 12.0. The van der Waals surface area contributed by atoms with Crippen molar-refractivity contribution in [2.24, 2.45) is 0 Å². The lowest BCUT2D eigenvalue weighted by Crippen LogP contribution is -2.29.